The van der Waals surface area contributed by atoms with Gasteiger partial charge in [-0.25, -0.2) is 9.48 Å². The number of amides is 1. The SMILES string of the molecule is Cc1ccc(-n2cnnn2)cc1NC(=O)OCC(F)(F)F. The third kappa shape index (κ3) is 4.16. The standard InChI is InChI=1S/C11H10F3N5O2/c1-7-2-3-8(19-6-15-17-18-19)4-9(7)16-10(20)21-5-11(12,13)14/h2-4,6H,5H2,1H3,(H,16,20). The van der Waals surface area contributed by atoms with Crippen LogP contribution < -0.4 is 5.32 Å². The van der Waals surface area contributed by atoms with E-state index < -0.39 is 18.9 Å². The van der Waals surface area contributed by atoms with Crippen LogP contribution in [0, 0.1) is 6.92 Å². The molecule has 7 nitrogen and oxygen atoms in total. The van der Waals surface area contributed by atoms with E-state index in [1.165, 1.54) is 17.1 Å². The van der Waals surface area contributed by atoms with E-state index in [9.17, 15) is 18.0 Å². The third-order valence-corrected chi connectivity index (χ3v) is 2.44. The highest BCUT2D eigenvalue weighted by Crippen LogP contribution is 2.20. The molecule has 0 saturated carbocycles. The number of halogens is 3. The van der Waals surface area contributed by atoms with Crippen LogP contribution in [0.25, 0.3) is 5.69 Å². The summed E-state index contributed by atoms with van der Waals surface area (Å²) < 4.78 is 41.3. The first-order valence-electron chi connectivity index (χ1n) is 5.70. The first-order valence-corrected chi connectivity index (χ1v) is 5.70. The molecule has 0 unspecified atom stereocenters. The van der Waals surface area contributed by atoms with Gasteiger partial charge in [-0.05, 0) is 35.0 Å². The lowest BCUT2D eigenvalue weighted by Crippen LogP contribution is -2.23. The van der Waals surface area contributed by atoms with E-state index in [4.69, 9.17) is 0 Å². The largest absolute Gasteiger partial charge is 0.440 e. The highest BCUT2D eigenvalue weighted by molar-refractivity contribution is 5.86. The number of carbonyl (C=O) groups is 1. The maximum absolute atomic E-state index is 12.0. The lowest BCUT2D eigenvalue weighted by atomic mass is 10.2. The topological polar surface area (TPSA) is 81.9 Å². The minimum atomic E-state index is -4.57. The zero-order valence-electron chi connectivity index (χ0n) is 10.8. The molecule has 1 aromatic carbocycles. The summed E-state index contributed by atoms with van der Waals surface area (Å²) in [4.78, 5) is 11.3. The van der Waals surface area contributed by atoms with Gasteiger partial charge < -0.3 is 4.74 Å². The number of hydrogen-bond donors (Lipinski definition) is 1. The predicted octanol–water partition coefficient (Wildman–Crippen LogP) is 2.08. The van der Waals surface area contributed by atoms with Crippen LogP contribution in [-0.2, 0) is 4.74 Å². The fourth-order valence-corrected chi connectivity index (χ4v) is 1.46. The number of tetrazole rings is 1. The lowest BCUT2D eigenvalue weighted by Gasteiger charge is -2.11. The van der Waals surface area contributed by atoms with Crippen molar-refractivity contribution in [1.82, 2.24) is 20.2 Å². The van der Waals surface area contributed by atoms with E-state index in [0.717, 1.165) is 0 Å². The molecule has 2 rings (SSSR count). The molecule has 1 N–H and O–H groups in total. The van der Waals surface area contributed by atoms with E-state index in [1.807, 2.05) is 0 Å². The van der Waals surface area contributed by atoms with Gasteiger partial charge in [-0.1, -0.05) is 6.07 Å². The Morgan fingerprint density at radius 1 is 1.43 bits per heavy atom. The molecule has 21 heavy (non-hydrogen) atoms. The first-order chi connectivity index (χ1) is 9.85. The zero-order chi connectivity index (χ0) is 15.5. The van der Waals surface area contributed by atoms with Crippen LogP contribution in [0.15, 0.2) is 24.5 Å². The minimum absolute atomic E-state index is 0.301. The van der Waals surface area contributed by atoms with Crippen LogP contribution >= 0.6 is 0 Å². The summed E-state index contributed by atoms with van der Waals surface area (Å²) in [6, 6.07) is 4.87. The second kappa shape index (κ2) is 5.77. The van der Waals surface area contributed by atoms with Crippen molar-refractivity contribution in [1.29, 1.82) is 0 Å². The van der Waals surface area contributed by atoms with Gasteiger partial charge in [0.25, 0.3) is 0 Å². The molecule has 0 saturated heterocycles. The average molecular weight is 301 g/mol. The number of nitrogens with one attached hydrogen (secondary N) is 1. The van der Waals surface area contributed by atoms with Gasteiger partial charge >= 0.3 is 12.3 Å². The number of aryl methyl sites for hydroxylation is 1. The van der Waals surface area contributed by atoms with Gasteiger partial charge in [0.15, 0.2) is 6.61 Å². The second-order valence-electron chi connectivity index (χ2n) is 4.07. The smallest absolute Gasteiger partial charge is 0.422 e. The maximum Gasteiger partial charge on any atom is 0.422 e. The van der Waals surface area contributed by atoms with Gasteiger partial charge in [-0.15, -0.1) is 5.10 Å². The number of alkyl halides is 3. The summed E-state index contributed by atoms with van der Waals surface area (Å²) in [6.45, 7) is 0.0350. The Bertz CT molecular complexity index is 627. The molecule has 0 atom stereocenters. The summed E-state index contributed by atoms with van der Waals surface area (Å²) in [7, 11) is 0. The van der Waals surface area contributed by atoms with Crippen LogP contribution in [0.2, 0.25) is 0 Å². The van der Waals surface area contributed by atoms with Gasteiger partial charge in [0.2, 0.25) is 0 Å². The van der Waals surface area contributed by atoms with Crippen LogP contribution in [0.5, 0.6) is 0 Å². The minimum Gasteiger partial charge on any atom is -0.440 e. The van der Waals surface area contributed by atoms with Gasteiger partial charge in [0.05, 0.1) is 5.69 Å². The number of ether oxygens (including phenoxy) is 1. The molecule has 0 radical (unpaired) electrons. The molecular formula is C11H10F3N5O2. The highest BCUT2D eigenvalue weighted by atomic mass is 19.4. The van der Waals surface area contributed by atoms with Gasteiger partial charge in [-0.2, -0.15) is 13.2 Å². The Labute approximate surface area is 116 Å². The fraction of sp³-hybridized carbons (Fsp3) is 0.273. The molecule has 1 aromatic heterocycles. The molecule has 0 bridgehead atoms. The maximum atomic E-state index is 12.0. The predicted molar refractivity (Wildman–Crippen MR) is 64.9 cm³/mol. The quantitative estimate of drug-likeness (QED) is 0.938. The Hall–Kier alpha value is -2.65. The molecule has 0 aliphatic rings. The number of carbonyl (C=O) groups excluding carboxylic acids is 1. The summed E-state index contributed by atoms with van der Waals surface area (Å²) in [5.74, 6) is 0. The van der Waals surface area contributed by atoms with Crippen molar-refractivity contribution in [2.24, 2.45) is 0 Å². The molecule has 2 aromatic rings. The van der Waals surface area contributed by atoms with Crippen LogP contribution in [0.3, 0.4) is 0 Å². The fourth-order valence-electron chi connectivity index (χ4n) is 1.46. The Morgan fingerprint density at radius 3 is 2.81 bits per heavy atom. The van der Waals surface area contributed by atoms with E-state index in [-0.39, 0.29) is 0 Å². The number of benzene rings is 1. The van der Waals surface area contributed by atoms with Gasteiger partial charge in [-0.3, -0.25) is 5.32 Å². The monoisotopic (exact) mass is 301 g/mol. The molecule has 112 valence electrons. The van der Waals surface area contributed by atoms with Crippen molar-refractivity contribution >= 4 is 11.8 Å². The molecule has 0 spiro atoms. The van der Waals surface area contributed by atoms with Crippen molar-refractivity contribution in [3.05, 3.63) is 30.1 Å². The molecule has 1 heterocycles. The Kier molecular flexibility index (Phi) is 4.05. The molecule has 0 aliphatic heterocycles. The number of aromatic nitrogens is 4. The van der Waals surface area contributed by atoms with E-state index in [1.54, 1.807) is 19.1 Å². The number of rotatable bonds is 3. The zero-order valence-corrected chi connectivity index (χ0v) is 10.8. The summed E-state index contributed by atoms with van der Waals surface area (Å²) in [5, 5.41) is 12.8. The second-order valence-corrected chi connectivity index (χ2v) is 4.07. The number of nitrogens with zero attached hydrogens (tertiary/aromatic N) is 4. The normalized spacial score (nSPS) is 11.2. The van der Waals surface area contributed by atoms with Gasteiger partial charge in [0.1, 0.15) is 6.33 Å². The van der Waals surface area contributed by atoms with Crippen LogP contribution in [0.4, 0.5) is 23.7 Å². The average Bonchev–Trinajstić information content (AvgIpc) is 2.92. The highest BCUT2D eigenvalue weighted by Gasteiger charge is 2.29. The summed E-state index contributed by atoms with van der Waals surface area (Å²) >= 11 is 0. The first kappa shape index (κ1) is 14.8. The summed E-state index contributed by atoms with van der Waals surface area (Å²) in [5.41, 5.74) is 1.49. The van der Waals surface area contributed by atoms with E-state index in [0.29, 0.717) is 16.9 Å². The number of hydrogen-bond acceptors (Lipinski definition) is 5. The Morgan fingerprint density at radius 2 is 2.19 bits per heavy atom. The van der Waals surface area contributed by atoms with Crippen molar-refractivity contribution < 1.29 is 22.7 Å². The van der Waals surface area contributed by atoms with Gasteiger partial charge in [0, 0.05) is 5.69 Å². The van der Waals surface area contributed by atoms with Crippen molar-refractivity contribution in [3.8, 4) is 5.69 Å². The molecule has 10 heteroatoms. The Balaban J connectivity index is 2.09. The van der Waals surface area contributed by atoms with Crippen molar-refractivity contribution in [2.45, 2.75) is 13.1 Å². The lowest BCUT2D eigenvalue weighted by molar-refractivity contribution is -0.159. The van der Waals surface area contributed by atoms with Crippen LogP contribution in [-0.4, -0.2) is 39.1 Å². The summed E-state index contributed by atoms with van der Waals surface area (Å²) in [6.07, 6.45) is -4.42. The molecular weight excluding hydrogens is 291 g/mol. The van der Waals surface area contributed by atoms with E-state index in [2.05, 4.69) is 25.6 Å². The molecule has 0 aliphatic carbocycles. The van der Waals surface area contributed by atoms with Crippen molar-refractivity contribution in [3.63, 3.8) is 0 Å². The van der Waals surface area contributed by atoms with Crippen molar-refractivity contribution in [2.75, 3.05) is 11.9 Å². The van der Waals surface area contributed by atoms with E-state index >= 15 is 0 Å². The number of anilines is 1. The molecule has 1 amide bonds. The van der Waals surface area contributed by atoms with Crippen LogP contribution in [0.1, 0.15) is 5.56 Å². The molecule has 0 fully saturated rings. The third-order valence-electron chi connectivity index (χ3n) is 2.44.